The number of nitrogens with zero attached hydrogens (tertiary/aromatic N) is 1. The maximum Gasteiger partial charge on any atom is 0.0504 e. The van der Waals surface area contributed by atoms with Crippen molar-refractivity contribution in [3.8, 4) is 0 Å². The number of hydrogen-bond donors (Lipinski definition) is 1. The molecule has 1 aromatic rings. The Balaban J connectivity index is 3.06. The molecule has 1 N–H and O–H groups in total. The first-order valence-corrected chi connectivity index (χ1v) is 7.99. The van der Waals surface area contributed by atoms with Gasteiger partial charge >= 0.3 is 0 Å². The van der Waals surface area contributed by atoms with Crippen molar-refractivity contribution in [3.05, 3.63) is 35.4 Å². The molecule has 0 fully saturated rings. The Morgan fingerprint density at radius 3 is 2.10 bits per heavy atom. The number of likely N-dealkylation sites (N-methyl/N-ethyl adjacent to an activating group) is 2. The molecule has 2 nitrogen and oxygen atoms in total. The number of rotatable bonds is 8. The van der Waals surface area contributed by atoms with Crippen LogP contribution in [-0.2, 0) is 6.42 Å². The van der Waals surface area contributed by atoms with Crippen molar-refractivity contribution in [2.75, 3.05) is 20.6 Å². The summed E-state index contributed by atoms with van der Waals surface area (Å²) in [5.41, 5.74) is 2.96. The van der Waals surface area contributed by atoms with Crippen LogP contribution >= 0.6 is 0 Å². The molecule has 0 aromatic heterocycles. The van der Waals surface area contributed by atoms with Gasteiger partial charge in [-0.25, -0.2) is 0 Å². The summed E-state index contributed by atoms with van der Waals surface area (Å²) >= 11 is 0. The van der Waals surface area contributed by atoms with Gasteiger partial charge in [0, 0.05) is 5.54 Å². The van der Waals surface area contributed by atoms with Gasteiger partial charge < -0.3 is 10.2 Å². The molecular formula is C18H32N2. The Labute approximate surface area is 125 Å². The van der Waals surface area contributed by atoms with E-state index in [1.54, 1.807) is 0 Å². The van der Waals surface area contributed by atoms with Gasteiger partial charge in [-0.05, 0) is 51.5 Å². The minimum absolute atomic E-state index is 0.127. The molecule has 0 saturated carbocycles. The minimum atomic E-state index is 0.127. The van der Waals surface area contributed by atoms with Gasteiger partial charge in [0.15, 0.2) is 0 Å². The van der Waals surface area contributed by atoms with Crippen LogP contribution in [0, 0.1) is 0 Å². The van der Waals surface area contributed by atoms with Gasteiger partial charge in [0.05, 0.1) is 6.04 Å². The van der Waals surface area contributed by atoms with Gasteiger partial charge in [0.25, 0.3) is 0 Å². The van der Waals surface area contributed by atoms with Crippen LogP contribution < -0.4 is 5.32 Å². The molecule has 0 aliphatic rings. The third kappa shape index (κ3) is 3.83. The normalized spacial score (nSPS) is 16.1. The van der Waals surface area contributed by atoms with Crippen LogP contribution in [0.3, 0.4) is 0 Å². The summed E-state index contributed by atoms with van der Waals surface area (Å²) in [6.07, 6.45) is 3.50. The molecule has 114 valence electrons. The topological polar surface area (TPSA) is 15.3 Å². The third-order valence-electron chi connectivity index (χ3n) is 4.62. The average Bonchev–Trinajstić information content (AvgIpc) is 2.45. The van der Waals surface area contributed by atoms with Crippen molar-refractivity contribution >= 4 is 0 Å². The monoisotopic (exact) mass is 276 g/mol. The molecule has 0 bridgehead atoms. The Bertz CT molecular complexity index is 383. The van der Waals surface area contributed by atoms with E-state index in [-0.39, 0.29) is 5.54 Å². The fraction of sp³-hybridized carbons (Fsp3) is 0.667. The summed E-state index contributed by atoms with van der Waals surface area (Å²) in [5, 5.41) is 3.68. The molecule has 0 aliphatic carbocycles. The SMILES string of the molecule is CCCc1ccc(C(NCC)C(C)(CC)N(C)C)cc1. The van der Waals surface area contributed by atoms with Crippen LogP contribution in [0.5, 0.6) is 0 Å². The highest BCUT2D eigenvalue weighted by Gasteiger charge is 2.35. The van der Waals surface area contributed by atoms with Crippen molar-refractivity contribution in [1.29, 1.82) is 0 Å². The fourth-order valence-electron chi connectivity index (χ4n) is 2.84. The molecule has 20 heavy (non-hydrogen) atoms. The first-order valence-electron chi connectivity index (χ1n) is 7.99. The molecule has 2 unspecified atom stereocenters. The molecule has 2 atom stereocenters. The second-order valence-electron chi connectivity index (χ2n) is 6.09. The van der Waals surface area contributed by atoms with Crippen LogP contribution in [0.1, 0.15) is 57.7 Å². The molecular weight excluding hydrogens is 244 g/mol. The van der Waals surface area contributed by atoms with E-state index < -0.39 is 0 Å². The number of aryl methyl sites for hydroxylation is 1. The highest BCUT2D eigenvalue weighted by atomic mass is 15.2. The zero-order valence-corrected chi connectivity index (χ0v) is 14.2. The van der Waals surface area contributed by atoms with E-state index in [9.17, 15) is 0 Å². The molecule has 1 rings (SSSR count). The zero-order chi connectivity index (χ0) is 15.2. The molecule has 1 aromatic carbocycles. The van der Waals surface area contributed by atoms with Crippen molar-refractivity contribution in [2.45, 2.75) is 58.5 Å². The molecule has 0 aliphatic heterocycles. The third-order valence-corrected chi connectivity index (χ3v) is 4.62. The van der Waals surface area contributed by atoms with E-state index in [2.05, 4.69) is 76.3 Å². The van der Waals surface area contributed by atoms with E-state index in [1.807, 2.05) is 0 Å². The number of nitrogens with one attached hydrogen (secondary N) is 1. The lowest BCUT2D eigenvalue weighted by Gasteiger charge is -2.43. The molecule has 0 saturated heterocycles. The maximum atomic E-state index is 3.68. The summed E-state index contributed by atoms with van der Waals surface area (Å²) in [7, 11) is 4.36. The fourth-order valence-corrected chi connectivity index (χ4v) is 2.84. The average molecular weight is 276 g/mol. The van der Waals surface area contributed by atoms with Crippen LogP contribution in [0.4, 0.5) is 0 Å². The van der Waals surface area contributed by atoms with Crippen LogP contribution in [0.25, 0.3) is 0 Å². The first-order chi connectivity index (χ1) is 9.49. The molecule has 2 heteroatoms. The van der Waals surface area contributed by atoms with E-state index in [4.69, 9.17) is 0 Å². The van der Waals surface area contributed by atoms with Crippen LogP contribution in [-0.4, -0.2) is 31.1 Å². The zero-order valence-electron chi connectivity index (χ0n) is 14.2. The Morgan fingerprint density at radius 1 is 1.10 bits per heavy atom. The number of hydrogen-bond acceptors (Lipinski definition) is 2. The van der Waals surface area contributed by atoms with E-state index >= 15 is 0 Å². The van der Waals surface area contributed by atoms with Crippen molar-refractivity contribution in [1.82, 2.24) is 10.2 Å². The van der Waals surface area contributed by atoms with E-state index in [1.165, 1.54) is 24.0 Å². The second kappa shape index (κ2) is 7.80. The van der Waals surface area contributed by atoms with Gasteiger partial charge in [0.1, 0.15) is 0 Å². The Kier molecular flexibility index (Phi) is 6.70. The Morgan fingerprint density at radius 2 is 1.70 bits per heavy atom. The highest BCUT2D eigenvalue weighted by Crippen LogP contribution is 2.32. The predicted molar refractivity (Wildman–Crippen MR) is 89.2 cm³/mol. The second-order valence-corrected chi connectivity index (χ2v) is 6.09. The largest absolute Gasteiger partial charge is 0.309 e. The standard InChI is InChI=1S/C18H32N2/c1-7-10-15-11-13-16(14-12-15)17(19-9-3)18(4,8-2)20(5)6/h11-14,17,19H,7-10H2,1-6H3. The van der Waals surface area contributed by atoms with Gasteiger partial charge in [-0.1, -0.05) is 51.5 Å². The Hall–Kier alpha value is -0.860. The summed E-state index contributed by atoms with van der Waals surface area (Å²) in [6.45, 7) is 10.0. The maximum absolute atomic E-state index is 3.68. The lowest BCUT2D eigenvalue weighted by Crippen LogP contribution is -2.51. The number of benzene rings is 1. The van der Waals surface area contributed by atoms with Gasteiger partial charge in [-0.15, -0.1) is 0 Å². The summed E-state index contributed by atoms with van der Waals surface area (Å²) < 4.78 is 0. The summed E-state index contributed by atoms with van der Waals surface area (Å²) in [4.78, 5) is 2.35. The predicted octanol–water partition coefficient (Wildman–Crippen LogP) is 4.02. The lowest BCUT2D eigenvalue weighted by molar-refractivity contribution is 0.113. The van der Waals surface area contributed by atoms with Crippen LogP contribution in [0.15, 0.2) is 24.3 Å². The van der Waals surface area contributed by atoms with Crippen molar-refractivity contribution in [2.24, 2.45) is 0 Å². The molecule has 0 radical (unpaired) electrons. The highest BCUT2D eigenvalue weighted by molar-refractivity contribution is 5.27. The van der Waals surface area contributed by atoms with Gasteiger partial charge in [-0.2, -0.15) is 0 Å². The van der Waals surface area contributed by atoms with E-state index in [0.717, 1.165) is 13.0 Å². The quantitative estimate of drug-likeness (QED) is 0.771. The summed E-state index contributed by atoms with van der Waals surface area (Å²) in [5.74, 6) is 0. The van der Waals surface area contributed by atoms with Crippen molar-refractivity contribution < 1.29 is 0 Å². The molecule has 0 heterocycles. The van der Waals surface area contributed by atoms with Gasteiger partial charge in [0.2, 0.25) is 0 Å². The van der Waals surface area contributed by atoms with Crippen LogP contribution in [0.2, 0.25) is 0 Å². The minimum Gasteiger partial charge on any atom is -0.309 e. The lowest BCUT2D eigenvalue weighted by atomic mass is 9.83. The smallest absolute Gasteiger partial charge is 0.0504 e. The summed E-state index contributed by atoms with van der Waals surface area (Å²) in [6, 6.07) is 9.54. The van der Waals surface area contributed by atoms with E-state index in [0.29, 0.717) is 6.04 Å². The van der Waals surface area contributed by atoms with Crippen molar-refractivity contribution in [3.63, 3.8) is 0 Å². The molecule has 0 spiro atoms. The van der Waals surface area contributed by atoms with Gasteiger partial charge in [-0.3, -0.25) is 0 Å². The first kappa shape index (κ1) is 17.2. The molecule has 0 amide bonds.